The SMILES string of the molecule is N#CC1NCCC1CCNN([O-])C1CCN(CC(=O)Nc2ccc(Cl)cn2)CC1. The van der Waals surface area contributed by atoms with Gasteiger partial charge in [-0.1, -0.05) is 11.6 Å². The number of halogens is 1. The molecule has 2 fully saturated rings. The summed E-state index contributed by atoms with van der Waals surface area (Å²) in [7, 11) is 0. The number of nitriles is 1. The van der Waals surface area contributed by atoms with Crippen LogP contribution in [0.1, 0.15) is 25.7 Å². The standard InChI is InChI=1S/C19H27ClN7O2/c20-15-1-2-18(23-12-15)25-19(28)13-26-9-5-16(6-10-26)27(29)24-8-4-14-3-7-22-17(14)11-21/h1-2,12,14,16-17,22,24H,3-10,13H2,(H,23,25,28)/q-1. The van der Waals surface area contributed by atoms with Crippen LogP contribution in [0.4, 0.5) is 5.82 Å². The molecule has 0 spiro atoms. The number of nitrogens with one attached hydrogen (secondary N) is 3. The van der Waals surface area contributed by atoms with Gasteiger partial charge in [0.2, 0.25) is 5.91 Å². The van der Waals surface area contributed by atoms with E-state index < -0.39 is 0 Å². The molecule has 10 heteroatoms. The molecule has 0 bridgehead atoms. The number of rotatable bonds is 8. The fourth-order valence-electron chi connectivity index (χ4n) is 3.86. The number of likely N-dealkylation sites (tertiary alicyclic amines) is 1. The lowest BCUT2D eigenvalue weighted by atomic mass is 9.98. The van der Waals surface area contributed by atoms with Crippen LogP contribution < -0.4 is 16.1 Å². The van der Waals surface area contributed by atoms with E-state index in [-0.39, 0.29) is 24.5 Å². The van der Waals surface area contributed by atoms with Gasteiger partial charge in [-0.3, -0.25) is 15.1 Å². The van der Waals surface area contributed by atoms with Gasteiger partial charge in [-0.05, 0) is 50.3 Å². The molecule has 3 heterocycles. The quantitative estimate of drug-likeness (QED) is 0.539. The first-order valence-electron chi connectivity index (χ1n) is 10.0. The zero-order valence-electron chi connectivity index (χ0n) is 16.3. The molecule has 3 rings (SSSR count). The highest BCUT2D eigenvalue weighted by Crippen LogP contribution is 2.19. The third-order valence-corrected chi connectivity index (χ3v) is 5.75. The van der Waals surface area contributed by atoms with Crippen molar-refractivity contribution in [2.75, 3.05) is 38.0 Å². The van der Waals surface area contributed by atoms with E-state index in [0.717, 1.165) is 24.6 Å². The first-order valence-corrected chi connectivity index (χ1v) is 10.4. The van der Waals surface area contributed by atoms with Crippen molar-refractivity contribution in [1.29, 1.82) is 5.26 Å². The molecule has 29 heavy (non-hydrogen) atoms. The first kappa shape index (κ1) is 21.9. The van der Waals surface area contributed by atoms with Gasteiger partial charge >= 0.3 is 0 Å². The lowest BCUT2D eigenvalue weighted by molar-refractivity contribution is -0.117. The first-order chi connectivity index (χ1) is 14.0. The highest BCUT2D eigenvalue weighted by molar-refractivity contribution is 6.30. The van der Waals surface area contributed by atoms with Crippen LogP contribution in [0, 0.1) is 22.5 Å². The molecule has 1 aromatic rings. The fourth-order valence-corrected chi connectivity index (χ4v) is 3.97. The van der Waals surface area contributed by atoms with Gasteiger partial charge in [0, 0.05) is 31.9 Å². The number of nitrogens with zero attached hydrogens (tertiary/aromatic N) is 4. The van der Waals surface area contributed by atoms with Gasteiger partial charge in [0.05, 0.1) is 23.7 Å². The molecule has 2 saturated heterocycles. The van der Waals surface area contributed by atoms with Crippen LogP contribution in [0.5, 0.6) is 0 Å². The number of anilines is 1. The number of piperidine rings is 1. The van der Waals surface area contributed by atoms with Crippen molar-refractivity contribution in [1.82, 2.24) is 25.8 Å². The predicted octanol–water partition coefficient (Wildman–Crippen LogP) is 1.33. The van der Waals surface area contributed by atoms with E-state index in [1.165, 1.54) is 6.20 Å². The molecule has 158 valence electrons. The van der Waals surface area contributed by atoms with Gasteiger partial charge in [-0.25, -0.2) is 4.98 Å². The van der Waals surface area contributed by atoms with Crippen molar-refractivity contribution in [2.24, 2.45) is 5.92 Å². The fraction of sp³-hybridized carbons (Fsp3) is 0.632. The van der Waals surface area contributed by atoms with Crippen LogP contribution in [0.3, 0.4) is 0 Å². The monoisotopic (exact) mass is 420 g/mol. The summed E-state index contributed by atoms with van der Waals surface area (Å²) in [6, 6.07) is 5.41. The molecule has 2 atom stereocenters. The maximum absolute atomic E-state index is 12.3. The molecule has 0 saturated carbocycles. The predicted molar refractivity (Wildman–Crippen MR) is 111 cm³/mol. The number of pyridine rings is 1. The molecule has 0 radical (unpaired) electrons. The maximum atomic E-state index is 12.3. The van der Waals surface area contributed by atoms with Crippen molar-refractivity contribution in [3.05, 3.63) is 28.6 Å². The molecule has 1 amide bonds. The molecule has 2 aliphatic rings. The normalized spacial score (nSPS) is 23.2. The van der Waals surface area contributed by atoms with Gasteiger partial charge < -0.3 is 21.0 Å². The average Bonchev–Trinajstić information content (AvgIpc) is 3.17. The highest BCUT2D eigenvalue weighted by atomic mass is 35.5. The number of carbonyl (C=O) groups excluding carboxylic acids is 1. The van der Waals surface area contributed by atoms with Crippen LogP contribution in [-0.4, -0.2) is 65.8 Å². The minimum absolute atomic E-state index is 0.0966. The van der Waals surface area contributed by atoms with Crippen molar-refractivity contribution < 1.29 is 4.79 Å². The Morgan fingerprint density at radius 1 is 1.41 bits per heavy atom. The van der Waals surface area contributed by atoms with Crippen LogP contribution in [-0.2, 0) is 4.79 Å². The molecule has 0 aromatic carbocycles. The van der Waals surface area contributed by atoms with Crippen LogP contribution >= 0.6 is 11.6 Å². The Bertz CT molecular complexity index is 704. The third-order valence-electron chi connectivity index (χ3n) is 5.52. The molecular weight excluding hydrogens is 394 g/mol. The molecular formula is C19H27ClN7O2-. The lowest BCUT2D eigenvalue weighted by Crippen LogP contribution is -2.49. The lowest BCUT2D eigenvalue weighted by Gasteiger charge is -2.42. The molecule has 1 aromatic heterocycles. The molecule has 2 unspecified atom stereocenters. The number of carbonyl (C=O) groups is 1. The zero-order chi connectivity index (χ0) is 20.6. The summed E-state index contributed by atoms with van der Waals surface area (Å²) in [5, 5.41) is 28.8. The summed E-state index contributed by atoms with van der Waals surface area (Å²) in [5.74, 6) is 0.643. The molecule has 0 aliphatic carbocycles. The highest BCUT2D eigenvalue weighted by Gasteiger charge is 2.26. The Balaban J connectivity index is 1.32. The van der Waals surface area contributed by atoms with Gasteiger partial charge in [0.25, 0.3) is 0 Å². The number of hydrogen-bond acceptors (Lipinski definition) is 8. The third kappa shape index (κ3) is 6.60. The van der Waals surface area contributed by atoms with E-state index in [1.807, 2.05) is 4.90 Å². The van der Waals surface area contributed by atoms with Crippen LogP contribution in [0.15, 0.2) is 18.3 Å². The molecule has 3 N–H and O–H groups in total. The summed E-state index contributed by atoms with van der Waals surface area (Å²) < 4.78 is 0. The van der Waals surface area contributed by atoms with Crippen molar-refractivity contribution in [3.63, 3.8) is 0 Å². The van der Waals surface area contributed by atoms with Crippen LogP contribution in [0.2, 0.25) is 5.02 Å². The molecule has 2 aliphatic heterocycles. The number of aromatic nitrogens is 1. The second kappa shape index (κ2) is 10.8. The van der Waals surface area contributed by atoms with E-state index in [2.05, 4.69) is 27.1 Å². The van der Waals surface area contributed by atoms with Crippen LogP contribution in [0.25, 0.3) is 0 Å². The van der Waals surface area contributed by atoms with E-state index in [4.69, 9.17) is 16.9 Å². The van der Waals surface area contributed by atoms with Crippen molar-refractivity contribution in [2.45, 2.75) is 37.8 Å². The largest absolute Gasteiger partial charge is 0.771 e. The summed E-state index contributed by atoms with van der Waals surface area (Å²) in [6.07, 6.45) is 4.68. The Kier molecular flexibility index (Phi) is 8.18. The summed E-state index contributed by atoms with van der Waals surface area (Å²) in [6.45, 7) is 3.09. The summed E-state index contributed by atoms with van der Waals surface area (Å²) in [5.41, 5.74) is 2.94. The number of amides is 1. The van der Waals surface area contributed by atoms with E-state index >= 15 is 0 Å². The summed E-state index contributed by atoms with van der Waals surface area (Å²) in [4.78, 5) is 18.3. The van der Waals surface area contributed by atoms with E-state index in [0.29, 0.717) is 49.2 Å². The average molecular weight is 421 g/mol. The second-order valence-electron chi connectivity index (χ2n) is 7.55. The second-order valence-corrected chi connectivity index (χ2v) is 7.99. The Morgan fingerprint density at radius 3 is 2.90 bits per heavy atom. The van der Waals surface area contributed by atoms with E-state index in [9.17, 15) is 10.0 Å². The Labute approximate surface area is 175 Å². The topological polar surface area (TPSA) is 119 Å². The number of hydrazine groups is 1. The minimum Gasteiger partial charge on any atom is -0.771 e. The minimum atomic E-state index is -0.132. The van der Waals surface area contributed by atoms with Crippen molar-refractivity contribution >= 4 is 23.3 Å². The van der Waals surface area contributed by atoms with Gasteiger partial charge in [0.1, 0.15) is 5.82 Å². The Hall–Kier alpha value is -1.80. The summed E-state index contributed by atoms with van der Waals surface area (Å²) >= 11 is 5.79. The van der Waals surface area contributed by atoms with Gasteiger partial charge in [-0.15, -0.1) is 0 Å². The molecule has 9 nitrogen and oxygen atoms in total. The smallest absolute Gasteiger partial charge is 0.239 e. The zero-order valence-corrected chi connectivity index (χ0v) is 17.1. The number of hydroxylamine groups is 1. The van der Waals surface area contributed by atoms with E-state index in [1.54, 1.807) is 12.1 Å². The Morgan fingerprint density at radius 2 is 2.21 bits per heavy atom. The van der Waals surface area contributed by atoms with Gasteiger partial charge in [0.15, 0.2) is 0 Å². The number of hydrogen-bond donors (Lipinski definition) is 3. The maximum Gasteiger partial charge on any atom is 0.239 e. The van der Waals surface area contributed by atoms with Crippen molar-refractivity contribution in [3.8, 4) is 6.07 Å². The van der Waals surface area contributed by atoms with Gasteiger partial charge in [-0.2, -0.15) is 5.26 Å².